The Hall–Kier alpha value is -3.36. The smallest absolute Gasteiger partial charge is 0.217 e. The molecule has 3 N–H and O–H groups in total. The Kier molecular flexibility index (Phi) is 7.73. The van der Waals surface area contributed by atoms with E-state index < -0.39 is 23.8 Å². The number of aliphatic hydroxyl groups is 1. The van der Waals surface area contributed by atoms with Gasteiger partial charge in [-0.15, -0.1) is 0 Å². The number of carbonyl (C=O) groups excluding carboxylic acids is 1. The monoisotopic (exact) mass is 481 g/mol. The Labute approximate surface area is 203 Å². The zero-order valence-corrected chi connectivity index (χ0v) is 19.7. The van der Waals surface area contributed by atoms with E-state index in [1.54, 1.807) is 0 Å². The Bertz CT molecular complexity index is 1170. The van der Waals surface area contributed by atoms with Gasteiger partial charge in [0.15, 0.2) is 0 Å². The normalized spacial score (nSPS) is 16.7. The first kappa shape index (κ1) is 24.8. The molecule has 0 saturated carbocycles. The molecule has 184 valence electrons. The van der Waals surface area contributed by atoms with Crippen LogP contribution in [-0.2, 0) is 11.2 Å². The molecular weight excluding hydrogens is 452 g/mol. The van der Waals surface area contributed by atoms with Crippen LogP contribution in [0.1, 0.15) is 36.1 Å². The summed E-state index contributed by atoms with van der Waals surface area (Å²) in [5, 5.41) is 17.0. The number of carbonyl (C=O) groups is 1. The van der Waals surface area contributed by atoms with Gasteiger partial charge in [-0.25, -0.2) is 8.78 Å². The minimum atomic E-state index is -0.988. The molecule has 1 aliphatic heterocycles. The number of aryl methyl sites for hydroxylation is 1. The number of pyridine rings is 1. The number of amides is 1. The van der Waals surface area contributed by atoms with E-state index in [2.05, 4.69) is 15.6 Å². The maximum Gasteiger partial charge on any atom is 0.217 e. The molecule has 35 heavy (non-hydrogen) atoms. The average molecular weight is 482 g/mol. The second-order valence-electron chi connectivity index (χ2n) is 8.93. The van der Waals surface area contributed by atoms with Crippen LogP contribution >= 0.6 is 0 Å². The summed E-state index contributed by atoms with van der Waals surface area (Å²) < 4.78 is 33.1. The Morgan fingerprint density at radius 3 is 2.63 bits per heavy atom. The molecule has 8 heteroatoms. The predicted molar refractivity (Wildman–Crippen MR) is 129 cm³/mol. The molecule has 1 aliphatic rings. The standard InChI is InChI=1S/C27H29F2N3O3/c1-16-3-5-23(30-14-16)19-4-6-27-22(12-19)24(7-8-35-27)31-15-26(34)25(32-17(2)33)11-18-9-20(28)13-21(29)10-18/h3-6,9-10,12-14,24-26,31,34H,7-8,11,15H2,1-2H3,(H,32,33). The lowest BCUT2D eigenvalue weighted by Gasteiger charge is -2.30. The van der Waals surface area contributed by atoms with Gasteiger partial charge in [-0.3, -0.25) is 9.78 Å². The van der Waals surface area contributed by atoms with Crippen molar-refractivity contribution in [1.29, 1.82) is 0 Å². The van der Waals surface area contributed by atoms with Gasteiger partial charge in [0.2, 0.25) is 5.91 Å². The molecule has 2 aromatic carbocycles. The molecule has 0 radical (unpaired) electrons. The van der Waals surface area contributed by atoms with Gasteiger partial charge in [-0.1, -0.05) is 6.07 Å². The highest BCUT2D eigenvalue weighted by Gasteiger charge is 2.26. The van der Waals surface area contributed by atoms with Crippen LogP contribution in [0, 0.1) is 18.6 Å². The maximum atomic E-state index is 13.6. The quantitative estimate of drug-likeness (QED) is 0.455. The fourth-order valence-electron chi connectivity index (χ4n) is 4.34. The first-order valence-corrected chi connectivity index (χ1v) is 11.6. The summed E-state index contributed by atoms with van der Waals surface area (Å²) in [6, 6.07) is 12.3. The fourth-order valence-corrected chi connectivity index (χ4v) is 4.34. The van der Waals surface area contributed by atoms with Crippen LogP contribution in [0.3, 0.4) is 0 Å². The lowest BCUT2D eigenvalue weighted by atomic mass is 9.96. The summed E-state index contributed by atoms with van der Waals surface area (Å²) in [5.74, 6) is -0.968. The molecule has 3 atom stereocenters. The molecule has 3 unspecified atom stereocenters. The summed E-state index contributed by atoms with van der Waals surface area (Å²) in [5.41, 5.74) is 4.22. The molecule has 3 aromatic rings. The zero-order valence-electron chi connectivity index (χ0n) is 19.7. The van der Waals surface area contributed by atoms with Crippen LogP contribution in [-0.4, -0.2) is 41.3 Å². The van der Waals surface area contributed by atoms with Crippen LogP contribution in [0.25, 0.3) is 11.3 Å². The van der Waals surface area contributed by atoms with Crippen molar-refractivity contribution < 1.29 is 23.4 Å². The third kappa shape index (κ3) is 6.41. The Balaban J connectivity index is 1.48. The lowest BCUT2D eigenvalue weighted by molar-refractivity contribution is -0.120. The number of rotatable bonds is 8. The van der Waals surface area contributed by atoms with Crippen LogP contribution in [0.15, 0.2) is 54.7 Å². The van der Waals surface area contributed by atoms with Crippen molar-refractivity contribution in [2.24, 2.45) is 0 Å². The topological polar surface area (TPSA) is 83.5 Å². The van der Waals surface area contributed by atoms with Gasteiger partial charge in [0.1, 0.15) is 17.4 Å². The number of nitrogens with one attached hydrogen (secondary N) is 2. The summed E-state index contributed by atoms with van der Waals surface area (Å²) in [7, 11) is 0. The first-order chi connectivity index (χ1) is 16.8. The molecule has 6 nitrogen and oxygen atoms in total. The van der Waals surface area contributed by atoms with E-state index in [4.69, 9.17) is 4.74 Å². The number of nitrogens with zero attached hydrogens (tertiary/aromatic N) is 1. The number of halogens is 2. The molecule has 2 heterocycles. The maximum absolute atomic E-state index is 13.6. The van der Waals surface area contributed by atoms with Crippen molar-refractivity contribution in [3.05, 3.63) is 83.1 Å². The van der Waals surface area contributed by atoms with Crippen molar-refractivity contribution in [1.82, 2.24) is 15.6 Å². The second-order valence-corrected chi connectivity index (χ2v) is 8.93. The van der Waals surface area contributed by atoms with Gasteiger partial charge < -0.3 is 20.5 Å². The number of aliphatic hydroxyl groups excluding tert-OH is 1. The highest BCUT2D eigenvalue weighted by Crippen LogP contribution is 2.35. The molecule has 0 aliphatic carbocycles. The number of fused-ring (bicyclic) bond motifs is 1. The molecule has 1 aromatic heterocycles. The van der Waals surface area contributed by atoms with E-state index in [0.29, 0.717) is 18.6 Å². The van der Waals surface area contributed by atoms with Crippen LogP contribution in [0.2, 0.25) is 0 Å². The number of benzene rings is 2. The summed E-state index contributed by atoms with van der Waals surface area (Å²) >= 11 is 0. The largest absolute Gasteiger partial charge is 0.493 e. The molecule has 0 bridgehead atoms. The van der Waals surface area contributed by atoms with Crippen molar-refractivity contribution in [2.45, 2.75) is 44.9 Å². The highest BCUT2D eigenvalue weighted by atomic mass is 19.1. The predicted octanol–water partition coefficient (Wildman–Crippen LogP) is 3.86. The summed E-state index contributed by atoms with van der Waals surface area (Å²) in [6.45, 7) is 4.02. The lowest BCUT2D eigenvalue weighted by Crippen LogP contribution is -2.48. The minimum Gasteiger partial charge on any atom is -0.493 e. The van der Waals surface area contributed by atoms with Gasteiger partial charge >= 0.3 is 0 Å². The molecule has 4 rings (SSSR count). The first-order valence-electron chi connectivity index (χ1n) is 11.6. The third-order valence-corrected chi connectivity index (χ3v) is 6.06. The second kappa shape index (κ2) is 10.9. The van der Waals surface area contributed by atoms with Crippen LogP contribution in [0.5, 0.6) is 5.75 Å². The molecular formula is C27H29F2N3O3. The van der Waals surface area contributed by atoms with Crippen molar-refractivity contribution in [3.8, 4) is 17.0 Å². The van der Waals surface area contributed by atoms with Gasteiger partial charge in [-0.05, 0) is 60.9 Å². The molecule has 0 spiro atoms. The minimum absolute atomic E-state index is 0.0802. The van der Waals surface area contributed by atoms with Crippen molar-refractivity contribution in [3.63, 3.8) is 0 Å². The van der Waals surface area contributed by atoms with Crippen LogP contribution in [0.4, 0.5) is 8.78 Å². The van der Waals surface area contributed by atoms with E-state index in [1.165, 1.54) is 19.1 Å². The number of hydrogen-bond donors (Lipinski definition) is 3. The molecule has 1 amide bonds. The average Bonchev–Trinajstić information content (AvgIpc) is 2.81. The number of ether oxygens (including phenoxy) is 1. The van der Waals surface area contributed by atoms with Gasteiger partial charge in [-0.2, -0.15) is 0 Å². The Morgan fingerprint density at radius 1 is 1.17 bits per heavy atom. The Morgan fingerprint density at radius 2 is 1.94 bits per heavy atom. The van der Waals surface area contributed by atoms with E-state index in [0.717, 1.165) is 34.2 Å². The third-order valence-electron chi connectivity index (χ3n) is 6.06. The summed E-state index contributed by atoms with van der Waals surface area (Å²) in [6.07, 6.45) is 1.62. The van der Waals surface area contributed by atoms with E-state index >= 15 is 0 Å². The van der Waals surface area contributed by atoms with Gasteiger partial charge in [0.05, 0.1) is 24.4 Å². The summed E-state index contributed by atoms with van der Waals surface area (Å²) in [4.78, 5) is 16.2. The van der Waals surface area contributed by atoms with Gasteiger partial charge in [0.25, 0.3) is 0 Å². The fraction of sp³-hybridized carbons (Fsp3) is 0.333. The molecule has 0 saturated heterocycles. The highest BCUT2D eigenvalue weighted by molar-refractivity contribution is 5.73. The van der Waals surface area contributed by atoms with E-state index in [9.17, 15) is 18.7 Å². The van der Waals surface area contributed by atoms with Gasteiger partial charge in [0, 0.05) is 49.3 Å². The van der Waals surface area contributed by atoms with Crippen LogP contribution < -0.4 is 15.4 Å². The number of hydrogen-bond acceptors (Lipinski definition) is 5. The molecule has 0 fully saturated rings. The SMILES string of the molecule is CC(=O)NC(Cc1cc(F)cc(F)c1)C(O)CNC1CCOc2ccc(-c3ccc(C)cn3)cc21. The van der Waals surface area contributed by atoms with Crippen molar-refractivity contribution in [2.75, 3.05) is 13.2 Å². The zero-order chi connectivity index (χ0) is 24.9. The van der Waals surface area contributed by atoms with Crippen molar-refractivity contribution >= 4 is 5.91 Å². The number of aromatic nitrogens is 1. The van der Waals surface area contributed by atoms with E-state index in [-0.39, 0.29) is 24.9 Å². The van der Waals surface area contributed by atoms with E-state index in [1.807, 2.05) is 43.5 Å².